The highest BCUT2D eigenvalue weighted by Crippen LogP contribution is 2.28. The van der Waals surface area contributed by atoms with Gasteiger partial charge in [-0.3, -0.25) is 14.5 Å². The summed E-state index contributed by atoms with van der Waals surface area (Å²) < 4.78 is 0. The molecular weight excluding hydrogens is 322 g/mol. The lowest BCUT2D eigenvalue weighted by Crippen LogP contribution is -2.39. The lowest BCUT2D eigenvalue weighted by molar-refractivity contribution is -0.135. The van der Waals surface area contributed by atoms with Gasteiger partial charge in [-0.25, -0.2) is 4.98 Å². The van der Waals surface area contributed by atoms with E-state index in [9.17, 15) is 9.59 Å². The molecule has 1 atom stereocenters. The van der Waals surface area contributed by atoms with Gasteiger partial charge in [0.05, 0.1) is 5.92 Å². The number of fused-ring (bicyclic) bond motifs is 1. The summed E-state index contributed by atoms with van der Waals surface area (Å²) in [5.41, 5.74) is 2.67. The van der Waals surface area contributed by atoms with Gasteiger partial charge in [-0.05, 0) is 24.0 Å². The van der Waals surface area contributed by atoms with Gasteiger partial charge in [0.2, 0.25) is 11.8 Å². The number of aromatic nitrogens is 1. The molecule has 5 nitrogen and oxygen atoms in total. The van der Waals surface area contributed by atoms with Crippen molar-refractivity contribution in [3.8, 4) is 0 Å². The summed E-state index contributed by atoms with van der Waals surface area (Å²) in [6.07, 6.45) is 3.76. The van der Waals surface area contributed by atoms with Crippen molar-refractivity contribution < 1.29 is 9.59 Å². The zero-order valence-corrected chi connectivity index (χ0v) is 14.2. The summed E-state index contributed by atoms with van der Waals surface area (Å²) >= 11 is 1.44. The van der Waals surface area contributed by atoms with Crippen molar-refractivity contribution in [2.45, 2.75) is 19.3 Å². The summed E-state index contributed by atoms with van der Waals surface area (Å²) in [4.78, 5) is 32.9. The van der Waals surface area contributed by atoms with Gasteiger partial charge < -0.3 is 4.90 Å². The first kappa shape index (κ1) is 15.3. The summed E-state index contributed by atoms with van der Waals surface area (Å²) in [7, 11) is 0. The summed E-state index contributed by atoms with van der Waals surface area (Å²) in [5, 5.41) is 2.54. The van der Waals surface area contributed by atoms with Crippen molar-refractivity contribution in [2.75, 3.05) is 24.5 Å². The Balaban J connectivity index is 1.44. The lowest BCUT2D eigenvalue weighted by atomic mass is 10.0. The second-order valence-electron chi connectivity index (χ2n) is 6.31. The first-order chi connectivity index (χ1) is 11.7. The number of carbonyl (C=O) groups is 2. The maximum absolute atomic E-state index is 12.9. The normalized spacial score (nSPS) is 20.8. The number of carbonyl (C=O) groups excluding carboxylic acids is 2. The van der Waals surface area contributed by atoms with E-state index >= 15 is 0 Å². The average molecular weight is 341 g/mol. The van der Waals surface area contributed by atoms with E-state index in [1.807, 2.05) is 10.3 Å². The van der Waals surface area contributed by atoms with Crippen LogP contribution in [-0.2, 0) is 22.4 Å². The maximum Gasteiger partial charge on any atom is 0.229 e. The molecule has 3 heterocycles. The van der Waals surface area contributed by atoms with Crippen LogP contribution in [0.1, 0.15) is 17.5 Å². The van der Waals surface area contributed by atoms with Crippen LogP contribution >= 0.6 is 11.3 Å². The highest BCUT2D eigenvalue weighted by Gasteiger charge is 2.38. The number of benzene rings is 1. The van der Waals surface area contributed by atoms with Crippen molar-refractivity contribution in [3.63, 3.8) is 0 Å². The molecule has 0 aliphatic carbocycles. The third kappa shape index (κ3) is 2.82. The third-order valence-corrected chi connectivity index (χ3v) is 5.65. The van der Waals surface area contributed by atoms with Crippen LogP contribution in [0.5, 0.6) is 0 Å². The Morgan fingerprint density at radius 1 is 1.17 bits per heavy atom. The van der Waals surface area contributed by atoms with Gasteiger partial charge in [0.25, 0.3) is 0 Å². The molecule has 2 amide bonds. The molecular formula is C18H19N3O2S. The second-order valence-corrected chi connectivity index (χ2v) is 7.19. The molecule has 1 aromatic carbocycles. The van der Waals surface area contributed by atoms with Crippen LogP contribution in [0.15, 0.2) is 35.8 Å². The van der Waals surface area contributed by atoms with E-state index in [4.69, 9.17) is 0 Å². The van der Waals surface area contributed by atoms with Gasteiger partial charge in [-0.1, -0.05) is 24.3 Å². The van der Waals surface area contributed by atoms with Crippen molar-refractivity contribution in [1.29, 1.82) is 0 Å². The number of anilines is 1. The van der Waals surface area contributed by atoms with Crippen LogP contribution in [0.4, 0.5) is 5.13 Å². The highest BCUT2D eigenvalue weighted by molar-refractivity contribution is 7.13. The van der Waals surface area contributed by atoms with Gasteiger partial charge in [0.1, 0.15) is 0 Å². The Morgan fingerprint density at radius 2 is 1.88 bits per heavy atom. The van der Waals surface area contributed by atoms with Crippen LogP contribution in [0, 0.1) is 5.92 Å². The molecule has 0 bridgehead atoms. The third-order valence-electron chi connectivity index (χ3n) is 4.86. The Labute approximate surface area is 144 Å². The summed E-state index contributed by atoms with van der Waals surface area (Å²) in [5.74, 6) is -0.140. The molecule has 0 radical (unpaired) electrons. The second kappa shape index (κ2) is 6.36. The zero-order chi connectivity index (χ0) is 16.5. The Kier molecular flexibility index (Phi) is 4.06. The SMILES string of the molecule is O=C(C1CC(=O)N(c2nccs2)C1)N1CCc2ccccc2CC1. The molecule has 6 heteroatoms. The van der Waals surface area contributed by atoms with Gasteiger partial charge in [-0.15, -0.1) is 11.3 Å². The van der Waals surface area contributed by atoms with E-state index in [2.05, 4.69) is 29.2 Å². The fraction of sp³-hybridized carbons (Fsp3) is 0.389. The molecule has 1 aromatic heterocycles. The van der Waals surface area contributed by atoms with Crippen molar-refractivity contribution >= 4 is 28.3 Å². The minimum atomic E-state index is -0.248. The first-order valence-corrected chi connectivity index (χ1v) is 9.16. The van der Waals surface area contributed by atoms with Crippen molar-refractivity contribution in [2.24, 2.45) is 5.92 Å². The Hall–Kier alpha value is -2.21. The molecule has 2 aromatic rings. The predicted molar refractivity (Wildman–Crippen MR) is 93.0 cm³/mol. The number of amides is 2. The first-order valence-electron chi connectivity index (χ1n) is 8.28. The monoisotopic (exact) mass is 341 g/mol. The van der Waals surface area contributed by atoms with Crippen LogP contribution in [0.25, 0.3) is 0 Å². The molecule has 2 aliphatic rings. The minimum absolute atomic E-state index is 0.00130. The largest absolute Gasteiger partial charge is 0.342 e. The molecule has 0 N–H and O–H groups in total. The van der Waals surface area contributed by atoms with Crippen molar-refractivity contribution in [1.82, 2.24) is 9.88 Å². The molecule has 2 aliphatic heterocycles. The Bertz CT molecular complexity index is 732. The van der Waals surface area contributed by atoms with Crippen molar-refractivity contribution in [3.05, 3.63) is 47.0 Å². The van der Waals surface area contributed by atoms with E-state index in [1.165, 1.54) is 22.5 Å². The van der Waals surface area contributed by atoms with Gasteiger partial charge >= 0.3 is 0 Å². The van der Waals surface area contributed by atoms with Gasteiger partial charge in [0.15, 0.2) is 5.13 Å². The fourth-order valence-electron chi connectivity index (χ4n) is 3.55. The number of hydrogen-bond acceptors (Lipinski definition) is 4. The Morgan fingerprint density at radius 3 is 2.50 bits per heavy atom. The molecule has 1 unspecified atom stereocenters. The molecule has 4 rings (SSSR count). The van der Waals surface area contributed by atoms with E-state index in [0.29, 0.717) is 18.1 Å². The van der Waals surface area contributed by atoms with Gasteiger partial charge in [-0.2, -0.15) is 0 Å². The lowest BCUT2D eigenvalue weighted by Gasteiger charge is -2.23. The number of thiazole rings is 1. The topological polar surface area (TPSA) is 53.5 Å². The van der Waals surface area contributed by atoms with Crippen LogP contribution in [0.2, 0.25) is 0 Å². The predicted octanol–water partition coefficient (Wildman–Crippen LogP) is 2.12. The minimum Gasteiger partial charge on any atom is -0.342 e. The van der Waals surface area contributed by atoms with Gasteiger partial charge in [0, 0.05) is 37.6 Å². The molecule has 1 saturated heterocycles. The molecule has 1 fully saturated rings. The van der Waals surface area contributed by atoms with Crippen LogP contribution in [-0.4, -0.2) is 41.3 Å². The number of nitrogens with zero attached hydrogens (tertiary/aromatic N) is 3. The summed E-state index contributed by atoms with van der Waals surface area (Å²) in [6.45, 7) is 1.92. The quantitative estimate of drug-likeness (QED) is 0.841. The van der Waals surface area contributed by atoms with E-state index in [1.54, 1.807) is 11.1 Å². The van der Waals surface area contributed by atoms with E-state index in [0.717, 1.165) is 25.9 Å². The molecule has 124 valence electrons. The molecule has 24 heavy (non-hydrogen) atoms. The fourth-order valence-corrected chi connectivity index (χ4v) is 4.22. The maximum atomic E-state index is 12.9. The highest BCUT2D eigenvalue weighted by atomic mass is 32.1. The number of hydrogen-bond donors (Lipinski definition) is 0. The van der Waals surface area contributed by atoms with Crippen LogP contribution < -0.4 is 4.90 Å². The molecule has 0 saturated carbocycles. The smallest absolute Gasteiger partial charge is 0.229 e. The summed E-state index contributed by atoms with van der Waals surface area (Å²) in [6, 6.07) is 8.40. The standard InChI is InChI=1S/C18H19N3O2S/c22-16-11-15(12-21(16)18-19-7-10-24-18)17(23)20-8-5-13-3-1-2-4-14(13)6-9-20/h1-4,7,10,15H,5-6,8-9,11-12H2. The van der Waals surface area contributed by atoms with Crippen LogP contribution in [0.3, 0.4) is 0 Å². The van der Waals surface area contributed by atoms with E-state index in [-0.39, 0.29) is 17.7 Å². The van der Waals surface area contributed by atoms with E-state index < -0.39 is 0 Å². The zero-order valence-electron chi connectivity index (χ0n) is 13.4. The molecule has 0 spiro atoms. The number of rotatable bonds is 2. The average Bonchev–Trinajstić information content (AvgIpc) is 3.19.